The maximum Gasteiger partial charge on any atom is 0.330 e. The third-order valence-corrected chi connectivity index (χ3v) is 2.15. The zero-order valence-electron chi connectivity index (χ0n) is 10.3. The fourth-order valence-corrected chi connectivity index (χ4v) is 1.28. The molecule has 0 heterocycles. The third kappa shape index (κ3) is 4.70. The molecule has 18 heavy (non-hydrogen) atoms. The number of ether oxygens (including phenoxy) is 2. The number of rotatable bonds is 6. The molecule has 0 radical (unpaired) electrons. The highest BCUT2D eigenvalue weighted by molar-refractivity contribution is 5.81. The van der Waals surface area contributed by atoms with E-state index >= 15 is 0 Å². The van der Waals surface area contributed by atoms with Gasteiger partial charge in [0.1, 0.15) is 12.4 Å². The molecule has 0 aliphatic carbocycles. The highest BCUT2D eigenvalue weighted by Crippen LogP contribution is 2.14. The Labute approximate surface area is 107 Å². The van der Waals surface area contributed by atoms with Gasteiger partial charge in [-0.2, -0.15) is 0 Å². The van der Waals surface area contributed by atoms with Crippen molar-refractivity contribution < 1.29 is 14.3 Å². The van der Waals surface area contributed by atoms with Crippen LogP contribution in [0.1, 0.15) is 5.56 Å². The van der Waals surface area contributed by atoms with Crippen molar-refractivity contribution in [2.24, 2.45) is 0 Å². The van der Waals surface area contributed by atoms with E-state index in [1.165, 1.54) is 0 Å². The molecule has 1 aromatic carbocycles. The number of carbonyl (C=O) groups excluding carboxylic acids is 1. The normalized spacial score (nSPS) is 11.3. The molecular formula is C15H16O3. The maximum atomic E-state index is 10.8. The van der Waals surface area contributed by atoms with Crippen molar-refractivity contribution in [3.05, 3.63) is 66.8 Å². The first kappa shape index (κ1) is 13.8. The molecule has 0 aliphatic heterocycles. The number of carbonyl (C=O) groups is 1. The molecule has 0 bridgehead atoms. The second-order valence-electron chi connectivity index (χ2n) is 3.36. The van der Waals surface area contributed by atoms with Gasteiger partial charge >= 0.3 is 5.97 Å². The molecule has 1 rings (SSSR count). The molecule has 0 aliphatic rings. The van der Waals surface area contributed by atoms with Crippen LogP contribution in [0.25, 0.3) is 5.76 Å². The Morgan fingerprint density at radius 3 is 2.67 bits per heavy atom. The molecule has 0 unspecified atom stereocenters. The molecule has 0 atom stereocenters. The number of benzene rings is 1. The fourth-order valence-electron chi connectivity index (χ4n) is 1.28. The van der Waals surface area contributed by atoms with Crippen molar-refractivity contribution in [2.45, 2.75) is 0 Å². The summed E-state index contributed by atoms with van der Waals surface area (Å²) in [5.74, 6) is 0.320. The predicted molar refractivity (Wildman–Crippen MR) is 71.7 cm³/mol. The Hall–Kier alpha value is -2.29. The smallest absolute Gasteiger partial charge is 0.330 e. The van der Waals surface area contributed by atoms with Crippen LogP contribution < -0.4 is 0 Å². The average molecular weight is 244 g/mol. The minimum absolute atomic E-state index is 0.215. The van der Waals surface area contributed by atoms with Crippen molar-refractivity contribution >= 4 is 11.7 Å². The standard InChI is InChI=1S/C15H16O3/c1-3-15(16)18-12-8-7-11-14(17-2)13-9-5-4-6-10-13/h3-11H,1,12H2,2H3. The lowest BCUT2D eigenvalue weighted by atomic mass is 10.2. The summed E-state index contributed by atoms with van der Waals surface area (Å²) in [4.78, 5) is 10.8. The predicted octanol–water partition coefficient (Wildman–Crippen LogP) is 2.96. The molecular weight excluding hydrogens is 228 g/mol. The minimum Gasteiger partial charge on any atom is -0.496 e. The van der Waals surface area contributed by atoms with Crippen LogP contribution in [0.2, 0.25) is 0 Å². The van der Waals surface area contributed by atoms with Crippen LogP contribution >= 0.6 is 0 Å². The monoisotopic (exact) mass is 244 g/mol. The lowest BCUT2D eigenvalue weighted by Gasteiger charge is -2.04. The SMILES string of the molecule is C=CC(=O)OCC=CC=C(OC)c1ccccc1. The van der Waals surface area contributed by atoms with E-state index in [4.69, 9.17) is 9.47 Å². The number of allylic oxidation sites excluding steroid dienone is 2. The zero-order valence-corrected chi connectivity index (χ0v) is 10.3. The quantitative estimate of drug-likeness (QED) is 0.334. The summed E-state index contributed by atoms with van der Waals surface area (Å²) in [5, 5.41) is 0. The van der Waals surface area contributed by atoms with Crippen molar-refractivity contribution in [2.75, 3.05) is 13.7 Å². The van der Waals surface area contributed by atoms with Gasteiger partial charge in [0, 0.05) is 11.6 Å². The lowest BCUT2D eigenvalue weighted by molar-refractivity contribution is -0.136. The van der Waals surface area contributed by atoms with Gasteiger partial charge in [-0.15, -0.1) is 0 Å². The topological polar surface area (TPSA) is 35.5 Å². The van der Waals surface area contributed by atoms with Crippen LogP contribution in [0.3, 0.4) is 0 Å². The molecule has 3 nitrogen and oxygen atoms in total. The van der Waals surface area contributed by atoms with Crippen molar-refractivity contribution in [1.82, 2.24) is 0 Å². The summed E-state index contributed by atoms with van der Waals surface area (Å²) in [6.45, 7) is 3.53. The highest BCUT2D eigenvalue weighted by atomic mass is 16.5. The van der Waals surface area contributed by atoms with Gasteiger partial charge in [-0.05, 0) is 12.2 Å². The van der Waals surface area contributed by atoms with E-state index in [9.17, 15) is 4.79 Å². The third-order valence-electron chi connectivity index (χ3n) is 2.15. The molecule has 3 heteroatoms. The fraction of sp³-hybridized carbons (Fsp3) is 0.133. The van der Waals surface area contributed by atoms with Crippen LogP contribution in [-0.4, -0.2) is 19.7 Å². The Balaban J connectivity index is 2.56. The van der Waals surface area contributed by atoms with Crippen LogP contribution in [0, 0.1) is 0 Å². The van der Waals surface area contributed by atoms with E-state index in [2.05, 4.69) is 6.58 Å². The number of methoxy groups -OCH3 is 1. The van der Waals surface area contributed by atoms with Gasteiger partial charge in [-0.25, -0.2) is 4.79 Å². The molecule has 0 spiro atoms. The van der Waals surface area contributed by atoms with Gasteiger partial charge in [0.15, 0.2) is 0 Å². The van der Waals surface area contributed by atoms with Gasteiger partial charge in [-0.3, -0.25) is 0 Å². The van der Waals surface area contributed by atoms with Gasteiger partial charge in [0.25, 0.3) is 0 Å². The summed E-state index contributed by atoms with van der Waals surface area (Å²) in [5.41, 5.74) is 0.993. The van der Waals surface area contributed by atoms with E-state index in [1.54, 1.807) is 19.3 Å². The summed E-state index contributed by atoms with van der Waals surface area (Å²) >= 11 is 0. The highest BCUT2D eigenvalue weighted by Gasteiger charge is 1.97. The van der Waals surface area contributed by atoms with Crippen molar-refractivity contribution in [3.63, 3.8) is 0 Å². The van der Waals surface area contributed by atoms with Crippen molar-refractivity contribution in [3.8, 4) is 0 Å². The Morgan fingerprint density at radius 1 is 1.33 bits per heavy atom. The molecule has 0 saturated carbocycles. The average Bonchev–Trinajstić information content (AvgIpc) is 2.43. The summed E-state index contributed by atoms with van der Waals surface area (Å²) in [6.07, 6.45) is 6.46. The van der Waals surface area contributed by atoms with E-state index < -0.39 is 5.97 Å². The second kappa shape index (κ2) is 7.90. The lowest BCUT2D eigenvalue weighted by Crippen LogP contribution is -1.98. The van der Waals surface area contributed by atoms with Crippen LogP contribution in [0.15, 0.2) is 61.2 Å². The van der Waals surface area contributed by atoms with Gasteiger partial charge in [0.05, 0.1) is 7.11 Å². The molecule has 0 amide bonds. The Kier molecular flexibility index (Phi) is 6.04. The van der Waals surface area contributed by atoms with Gasteiger partial charge < -0.3 is 9.47 Å². The second-order valence-corrected chi connectivity index (χ2v) is 3.36. The summed E-state index contributed by atoms with van der Waals surface area (Å²) < 4.78 is 10.1. The first-order chi connectivity index (χ1) is 8.77. The summed E-state index contributed by atoms with van der Waals surface area (Å²) in [6, 6.07) is 9.75. The van der Waals surface area contributed by atoms with Crippen LogP contribution in [0.4, 0.5) is 0 Å². The molecule has 94 valence electrons. The molecule has 0 N–H and O–H groups in total. The van der Waals surface area contributed by atoms with Gasteiger partial charge in [0.2, 0.25) is 0 Å². The largest absolute Gasteiger partial charge is 0.496 e. The van der Waals surface area contributed by atoms with E-state index in [-0.39, 0.29) is 6.61 Å². The van der Waals surface area contributed by atoms with Gasteiger partial charge in [-0.1, -0.05) is 43.0 Å². The Morgan fingerprint density at radius 2 is 2.06 bits per heavy atom. The van der Waals surface area contributed by atoms with E-state index in [1.807, 2.05) is 36.4 Å². The van der Waals surface area contributed by atoms with Crippen LogP contribution in [0.5, 0.6) is 0 Å². The van der Waals surface area contributed by atoms with E-state index in [0.717, 1.165) is 17.4 Å². The molecule has 0 saturated heterocycles. The molecule has 0 fully saturated rings. The number of hydrogen-bond donors (Lipinski definition) is 0. The minimum atomic E-state index is -0.432. The maximum absolute atomic E-state index is 10.8. The molecule has 1 aromatic rings. The first-order valence-electron chi connectivity index (χ1n) is 5.53. The molecule has 0 aromatic heterocycles. The van der Waals surface area contributed by atoms with Crippen molar-refractivity contribution in [1.29, 1.82) is 0 Å². The van der Waals surface area contributed by atoms with Crippen LogP contribution in [-0.2, 0) is 14.3 Å². The number of hydrogen-bond acceptors (Lipinski definition) is 3. The Bertz CT molecular complexity index is 444. The number of esters is 1. The zero-order chi connectivity index (χ0) is 13.2. The van der Waals surface area contributed by atoms with E-state index in [0.29, 0.717) is 0 Å². The first-order valence-corrected chi connectivity index (χ1v) is 5.53. The summed E-state index contributed by atoms with van der Waals surface area (Å²) in [7, 11) is 1.62.